The van der Waals surface area contributed by atoms with E-state index in [0.29, 0.717) is 83.5 Å². The van der Waals surface area contributed by atoms with Crippen LogP contribution in [-0.4, -0.2) is 90.3 Å². The van der Waals surface area contributed by atoms with Crippen LogP contribution in [0.3, 0.4) is 0 Å². The second-order valence-electron chi connectivity index (χ2n) is 14.0. The fourth-order valence-corrected chi connectivity index (χ4v) is 7.76. The zero-order chi connectivity index (χ0) is 38.1. The van der Waals surface area contributed by atoms with Crippen molar-refractivity contribution in [3.8, 4) is 28.3 Å². The van der Waals surface area contributed by atoms with E-state index in [1.165, 1.54) is 7.11 Å². The molecule has 2 fully saturated rings. The average molecular weight is 759 g/mol. The van der Waals surface area contributed by atoms with Crippen molar-refractivity contribution in [3.63, 3.8) is 0 Å². The molecule has 0 bridgehead atoms. The maximum absolute atomic E-state index is 14.0. The Morgan fingerprint density at radius 1 is 1.07 bits per heavy atom. The molecule has 0 spiro atoms. The van der Waals surface area contributed by atoms with Crippen molar-refractivity contribution in [1.82, 2.24) is 34.7 Å². The number of carbonyl (C=O) groups is 1. The second-order valence-corrected chi connectivity index (χ2v) is 14.4. The molecular weight excluding hydrogens is 718 g/mol. The number of fused-ring (bicyclic) bond motifs is 1. The van der Waals surface area contributed by atoms with Crippen LogP contribution >= 0.6 is 11.6 Å². The number of β-amino-alcohol motifs (C(OH)–C–C–N with tert-alkyl or cyclic N) is 1. The van der Waals surface area contributed by atoms with Gasteiger partial charge in [0, 0.05) is 55.2 Å². The van der Waals surface area contributed by atoms with Gasteiger partial charge in [-0.1, -0.05) is 41.9 Å². The van der Waals surface area contributed by atoms with Crippen molar-refractivity contribution in [1.29, 1.82) is 0 Å². The van der Waals surface area contributed by atoms with Gasteiger partial charge in [-0.15, -0.1) is 0 Å². The molecule has 0 unspecified atom stereocenters. The van der Waals surface area contributed by atoms with Gasteiger partial charge in [0.2, 0.25) is 5.88 Å². The maximum Gasteiger partial charge on any atom is 0.306 e. The van der Waals surface area contributed by atoms with Crippen LogP contribution in [0.2, 0.25) is 5.02 Å². The van der Waals surface area contributed by atoms with Crippen molar-refractivity contribution in [2.24, 2.45) is 5.92 Å². The summed E-state index contributed by atoms with van der Waals surface area (Å²) in [6.07, 6.45) is 2.81. The number of nitrogens with zero attached hydrogens (tertiary/aromatic N) is 7. The molecule has 3 aromatic heterocycles. The third-order valence-corrected chi connectivity index (χ3v) is 10.8. The van der Waals surface area contributed by atoms with Crippen LogP contribution < -0.4 is 10.1 Å². The summed E-state index contributed by atoms with van der Waals surface area (Å²) in [5.74, 6) is -1.19. The molecule has 1 saturated carbocycles. The Kier molecular flexibility index (Phi) is 11.0. The zero-order valence-electron chi connectivity index (χ0n) is 30.1. The van der Waals surface area contributed by atoms with E-state index in [2.05, 4.69) is 30.1 Å². The normalized spacial score (nSPS) is 18.9. The van der Waals surface area contributed by atoms with E-state index < -0.39 is 18.2 Å². The number of hydrogen-bond donors (Lipinski definition) is 3. The lowest BCUT2D eigenvalue weighted by Crippen LogP contribution is -2.30. The third kappa shape index (κ3) is 7.83. The molecule has 0 radical (unpaired) electrons. The summed E-state index contributed by atoms with van der Waals surface area (Å²) >= 11 is 7.11. The first-order chi connectivity index (χ1) is 26.0. The molecule has 0 amide bonds. The monoisotopic (exact) mass is 758 g/mol. The van der Waals surface area contributed by atoms with Crippen molar-refractivity contribution < 1.29 is 28.5 Å². The number of likely N-dealkylation sites (tertiary alicyclic amines) is 1. The molecule has 1 aliphatic carbocycles. The van der Waals surface area contributed by atoms with Gasteiger partial charge in [0.05, 0.1) is 41.6 Å². The Bertz CT molecular complexity index is 2190. The predicted octanol–water partition coefficient (Wildman–Crippen LogP) is 7.05. The number of aliphatic carboxylic acids is 1. The number of aromatic nitrogens is 5. The number of carboxylic acids is 1. The van der Waals surface area contributed by atoms with Crippen LogP contribution in [0.15, 0.2) is 54.9 Å². The number of hydrogen-bond acceptors (Lipinski definition) is 11. The van der Waals surface area contributed by atoms with Crippen LogP contribution in [0.1, 0.15) is 54.8 Å². The molecule has 15 heteroatoms. The van der Waals surface area contributed by atoms with E-state index >= 15 is 0 Å². The van der Waals surface area contributed by atoms with Gasteiger partial charge in [-0.2, -0.15) is 0 Å². The number of anilines is 2. The highest BCUT2D eigenvalue weighted by molar-refractivity contribution is 6.36. The minimum atomic E-state index is -2.89. The molecule has 54 heavy (non-hydrogen) atoms. The van der Waals surface area contributed by atoms with E-state index in [-0.39, 0.29) is 23.9 Å². The van der Waals surface area contributed by atoms with E-state index in [9.17, 15) is 23.8 Å². The summed E-state index contributed by atoms with van der Waals surface area (Å²) in [4.78, 5) is 38.0. The van der Waals surface area contributed by atoms with Gasteiger partial charge in [0.25, 0.3) is 6.43 Å². The number of nitrogens with one attached hydrogen (secondary N) is 1. The Morgan fingerprint density at radius 3 is 2.57 bits per heavy atom. The molecule has 4 heterocycles. The molecule has 1 aliphatic heterocycles. The van der Waals surface area contributed by atoms with Gasteiger partial charge in [-0.05, 0) is 68.5 Å². The number of benzene rings is 2. The summed E-state index contributed by atoms with van der Waals surface area (Å²) in [6, 6.07) is 13.1. The molecule has 7 rings (SSSR count). The lowest BCUT2D eigenvalue weighted by Gasteiger charge is -2.24. The summed E-state index contributed by atoms with van der Waals surface area (Å²) in [5, 5.41) is 23.0. The van der Waals surface area contributed by atoms with Crippen LogP contribution in [-0.2, 0) is 17.9 Å². The topological polar surface area (TPSA) is 150 Å². The highest BCUT2D eigenvalue weighted by Crippen LogP contribution is 2.40. The Morgan fingerprint density at radius 2 is 1.85 bits per heavy atom. The number of carboxylic acid groups (broad SMARTS) is 1. The number of aliphatic hydroxyl groups excluding tert-OH is 1. The van der Waals surface area contributed by atoms with E-state index in [1.807, 2.05) is 50.4 Å². The van der Waals surface area contributed by atoms with E-state index in [1.54, 1.807) is 18.5 Å². The standard InChI is InChI=1S/C39H41ClF2N8O4/c1-21-26(6-5-9-29(21)45-36-34-30(46-37(48-36)35(41)42)14-22(16-44-34)18-50-13-12-25(51)19-50)27-7-4-8-28(33(27)40)31-17-43-32(38(47-31)54-3)20-49(2)24-11-10-23(15-24)39(52)53/h4-9,14,16-17,23-25,35,51H,10-13,15,18-20H2,1-3H3,(H,52,53)(H,45,46,48)/t23-,24-,25+/m0/s1. The highest BCUT2D eigenvalue weighted by Gasteiger charge is 2.32. The van der Waals surface area contributed by atoms with Gasteiger partial charge < -0.3 is 20.3 Å². The molecule has 3 N–H and O–H groups in total. The number of rotatable bonds is 12. The first kappa shape index (κ1) is 37.4. The van der Waals surface area contributed by atoms with Gasteiger partial charge >= 0.3 is 5.97 Å². The average Bonchev–Trinajstić information content (AvgIpc) is 3.82. The molecule has 3 atom stereocenters. The van der Waals surface area contributed by atoms with Crippen LogP contribution in [0.4, 0.5) is 20.3 Å². The Balaban J connectivity index is 1.15. The molecule has 5 aromatic rings. The largest absolute Gasteiger partial charge is 0.481 e. The Hall–Kier alpha value is -4.89. The molecule has 282 valence electrons. The fraction of sp³-hybridized carbons (Fsp3) is 0.385. The smallest absolute Gasteiger partial charge is 0.306 e. The van der Waals surface area contributed by atoms with Crippen molar-refractivity contribution >= 4 is 40.1 Å². The SMILES string of the molecule is COc1nc(-c2cccc(-c3cccc(Nc4nc(C(F)F)nc5cc(CN6CC[C@@H](O)C6)cnc45)c3C)c2Cl)cnc1CN(C)[C@H]1CC[C@H](C(=O)O)C1. The fourth-order valence-electron chi connectivity index (χ4n) is 7.44. The van der Waals surface area contributed by atoms with Crippen molar-refractivity contribution in [3.05, 3.63) is 82.5 Å². The number of pyridine rings is 1. The minimum Gasteiger partial charge on any atom is -0.481 e. The molecule has 2 aliphatic rings. The molecule has 12 nitrogen and oxygen atoms in total. The molecular formula is C39H41ClF2N8O4. The number of ether oxygens (including phenoxy) is 1. The summed E-state index contributed by atoms with van der Waals surface area (Å²) in [7, 11) is 3.49. The van der Waals surface area contributed by atoms with E-state index in [0.717, 1.165) is 35.2 Å². The third-order valence-electron chi connectivity index (χ3n) is 10.4. The summed E-state index contributed by atoms with van der Waals surface area (Å²) < 4.78 is 33.7. The predicted molar refractivity (Wildman–Crippen MR) is 201 cm³/mol. The lowest BCUT2D eigenvalue weighted by molar-refractivity contribution is -0.141. The maximum atomic E-state index is 14.0. The number of halogens is 3. The summed E-state index contributed by atoms with van der Waals surface area (Å²) in [6.45, 7) is 4.16. The van der Waals surface area contributed by atoms with Gasteiger partial charge in [-0.25, -0.2) is 23.7 Å². The zero-order valence-corrected chi connectivity index (χ0v) is 30.9. The van der Waals surface area contributed by atoms with Gasteiger partial charge in [0.1, 0.15) is 11.2 Å². The lowest BCUT2D eigenvalue weighted by atomic mass is 9.96. The first-order valence-electron chi connectivity index (χ1n) is 17.8. The number of methoxy groups -OCH3 is 1. The molecule has 1 saturated heterocycles. The van der Waals surface area contributed by atoms with Crippen molar-refractivity contribution in [2.75, 3.05) is 32.6 Å². The van der Waals surface area contributed by atoms with Gasteiger partial charge in [0.15, 0.2) is 11.6 Å². The first-order valence-corrected chi connectivity index (χ1v) is 18.2. The van der Waals surface area contributed by atoms with Crippen LogP contribution in [0, 0.1) is 12.8 Å². The highest BCUT2D eigenvalue weighted by atomic mass is 35.5. The second kappa shape index (κ2) is 15.8. The Labute approximate surface area is 316 Å². The quantitative estimate of drug-likeness (QED) is 0.120. The van der Waals surface area contributed by atoms with Crippen molar-refractivity contribution in [2.45, 2.75) is 64.3 Å². The summed E-state index contributed by atoms with van der Waals surface area (Å²) in [5.41, 5.74) is 6.19. The minimum absolute atomic E-state index is 0.127. The molecule has 2 aromatic carbocycles. The van der Waals surface area contributed by atoms with E-state index in [4.69, 9.17) is 26.3 Å². The van der Waals surface area contributed by atoms with Gasteiger partial charge in [-0.3, -0.25) is 24.6 Å². The van der Waals surface area contributed by atoms with Crippen LogP contribution in [0.25, 0.3) is 33.4 Å². The number of aliphatic hydroxyl groups is 1. The van der Waals surface area contributed by atoms with Crippen LogP contribution in [0.5, 0.6) is 5.88 Å². The number of alkyl halides is 2.